The Morgan fingerprint density at radius 3 is 2.32 bits per heavy atom. The van der Waals surface area contributed by atoms with Gasteiger partial charge in [-0.25, -0.2) is 4.79 Å². The van der Waals surface area contributed by atoms with Crippen molar-refractivity contribution in [1.82, 2.24) is 0 Å². The fourth-order valence-corrected chi connectivity index (χ4v) is 1.52. The van der Waals surface area contributed by atoms with Gasteiger partial charge in [-0.2, -0.15) is 0 Å². The van der Waals surface area contributed by atoms with Crippen LogP contribution in [0.15, 0.2) is 24.3 Å². The molecule has 0 saturated heterocycles. The molecule has 12 nitrogen and oxygen atoms in total. The van der Waals surface area contributed by atoms with Crippen molar-refractivity contribution in [3.63, 3.8) is 0 Å². The summed E-state index contributed by atoms with van der Waals surface area (Å²) in [4.78, 5) is 46.7. The highest BCUT2D eigenvalue weighted by atomic mass is 16.9. The van der Waals surface area contributed by atoms with Crippen LogP contribution in [0.1, 0.15) is 19.8 Å². The summed E-state index contributed by atoms with van der Waals surface area (Å²) >= 11 is 0. The quantitative estimate of drug-likeness (QED) is 0.159. The number of nitro benzene ring substituents is 1. The predicted molar refractivity (Wildman–Crippen MR) is 77.9 cm³/mol. The van der Waals surface area contributed by atoms with Crippen LogP contribution in [0, 0.1) is 20.2 Å². The van der Waals surface area contributed by atoms with E-state index in [9.17, 15) is 29.8 Å². The van der Waals surface area contributed by atoms with Crippen LogP contribution in [0.25, 0.3) is 0 Å². The van der Waals surface area contributed by atoms with E-state index in [1.165, 1.54) is 19.1 Å². The van der Waals surface area contributed by atoms with Crippen molar-refractivity contribution in [3.05, 3.63) is 44.5 Å². The highest BCUT2D eigenvalue weighted by molar-refractivity contribution is 5.70. The summed E-state index contributed by atoms with van der Waals surface area (Å²) in [6.07, 6.45) is -2.54. The van der Waals surface area contributed by atoms with E-state index < -0.39 is 28.4 Å². The number of benzene rings is 1. The first-order valence-corrected chi connectivity index (χ1v) is 6.87. The van der Waals surface area contributed by atoms with Crippen LogP contribution in [0.4, 0.5) is 10.5 Å². The molecular formula is C13H14N2O10. The Bertz CT molecular complexity index is 630. The minimum absolute atomic E-state index is 0.00561. The maximum absolute atomic E-state index is 11.5. The molecule has 0 heterocycles. The first-order chi connectivity index (χ1) is 11.8. The molecule has 1 aromatic carbocycles. The van der Waals surface area contributed by atoms with Gasteiger partial charge >= 0.3 is 12.1 Å². The van der Waals surface area contributed by atoms with E-state index in [1.54, 1.807) is 0 Å². The molecule has 0 aromatic heterocycles. The van der Waals surface area contributed by atoms with E-state index in [0.717, 1.165) is 12.1 Å². The average Bonchev–Trinajstić information content (AvgIpc) is 2.51. The molecule has 0 fully saturated rings. The van der Waals surface area contributed by atoms with E-state index >= 15 is 0 Å². The molecule has 0 radical (unpaired) electrons. The molecule has 1 atom stereocenters. The van der Waals surface area contributed by atoms with Crippen LogP contribution in [0.2, 0.25) is 0 Å². The molecular weight excluding hydrogens is 344 g/mol. The maximum atomic E-state index is 11.5. The fraction of sp³-hybridized carbons (Fsp3) is 0.385. The normalized spacial score (nSPS) is 11.1. The SMILES string of the molecule is CC(OC(=O)CCCO[N+](=O)[O-])OC(=O)Oc1ccc([N+](=O)[O-])cc1. The number of ether oxygens (including phenoxy) is 3. The zero-order valence-corrected chi connectivity index (χ0v) is 13.0. The van der Waals surface area contributed by atoms with Crippen molar-refractivity contribution in [2.24, 2.45) is 0 Å². The third-order valence-corrected chi connectivity index (χ3v) is 2.53. The van der Waals surface area contributed by atoms with Crippen molar-refractivity contribution >= 4 is 17.8 Å². The zero-order chi connectivity index (χ0) is 18.8. The highest BCUT2D eigenvalue weighted by Crippen LogP contribution is 2.18. The Hall–Kier alpha value is -3.44. The third-order valence-electron chi connectivity index (χ3n) is 2.53. The smallest absolute Gasteiger partial charge is 0.425 e. The van der Waals surface area contributed by atoms with Crippen LogP contribution >= 0.6 is 0 Å². The predicted octanol–water partition coefficient (Wildman–Crippen LogP) is 1.99. The molecule has 0 aliphatic rings. The van der Waals surface area contributed by atoms with Crippen LogP contribution in [0.3, 0.4) is 0 Å². The van der Waals surface area contributed by atoms with Gasteiger partial charge in [0.2, 0.25) is 6.29 Å². The summed E-state index contributed by atoms with van der Waals surface area (Å²) in [5, 5.41) is 19.4. The number of hydrogen-bond donors (Lipinski definition) is 0. The lowest BCUT2D eigenvalue weighted by atomic mass is 10.3. The standard InChI is InChI=1S/C13H14N2O10/c1-9(23-12(16)3-2-8-22-15(20)21)24-13(17)25-11-6-4-10(5-7-11)14(18)19/h4-7,9H,2-3,8H2,1H3. The number of nitrogens with zero attached hydrogens (tertiary/aromatic N) is 2. The van der Waals surface area contributed by atoms with Gasteiger partial charge in [0, 0.05) is 25.5 Å². The minimum Gasteiger partial charge on any atom is -0.425 e. The highest BCUT2D eigenvalue weighted by Gasteiger charge is 2.16. The molecule has 1 unspecified atom stereocenters. The van der Waals surface area contributed by atoms with Crippen molar-refractivity contribution in [3.8, 4) is 5.75 Å². The monoisotopic (exact) mass is 358 g/mol. The number of hydrogen-bond acceptors (Lipinski definition) is 10. The second-order valence-electron chi connectivity index (χ2n) is 4.44. The Balaban J connectivity index is 2.32. The van der Waals surface area contributed by atoms with Gasteiger partial charge in [-0.1, -0.05) is 0 Å². The summed E-state index contributed by atoms with van der Waals surface area (Å²) in [5.41, 5.74) is -0.177. The number of nitro groups is 1. The largest absolute Gasteiger partial charge is 0.516 e. The summed E-state index contributed by atoms with van der Waals surface area (Å²) in [5.74, 6) is -0.742. The van der Waals surface area contributed by atoms with E-state index in [2.05, 4.69) is 9.57 Å². The molecule has 25 heavy (non-hydrogen) atoms. The van der Waals surface area contributed by atoms with Gasteiger partial charge in [0.05, 0.1) is 11.5 Å². The van der Waals surface area contributed by atoms with Gasteiger partial charge in [-0.05, 0) is 18.6 Å². The molecule has 0 bridgehead atoms. The van der Waals surface area contributed by atoms with E-state index in [4.69, 9.17) is 9.47 Å². The van der Waals surface area contributed by atoms with Gasteiger partial charge < -0.3 is 19.0 Å². The zero-order valence-electron chi connectivity index (χ0n) is 13.0. The first kappa shape index (κ1) is 19.6. The second-order valence-corrected chi connectivity index (χ2v) is 4.44. The molecule has 0 amide bonds. The molecule has 12 heteroatoms. The van der Waals surface area contributed by atoms with Gasteiger partial charge in [-0.3, -0.25) is 14.9 Å². The molecule has 0 aliphatic heterocycles. The summed E-state index contributed by atoms with van der Waals surface area (Å²) in [7, 11) is 0. The molecule has 0 saturated carbocycles. The van der Waals surface area contributed by atoms with Crippen molar-refractivity contribution < 1.29 is 38.6 Å². The minimum atomic E-state index is -1.26. The van der Waals surface area contributed by atoms with Gasteiger partial charge in [0.25, 0.3) is 10.8 Å². The topological polar surface area (TPSA) is 157 Å². The van der Waals surface area contributed by atoms with Crippen LogP contribution in [0.5, 0.6) is 5.75 Å². The Morgan fingerprint density at radius 1 is 1.12 bits per heavy atom. The summed E-state index contributed by atoms with van der Waals surface area (Å²) in [6, 6.07) is 4.68. The van der Waals surface area contributed by atoms with Crippen molar-refractivity contribution in [2.75, 3.05) is 6.61 Å². The lowest BCUT2D eigenvalue weighted by Gasteiger charge is -2.13. The molecule has 0 spiro atoms. The Kier molecular flexibility index (Phi) is 7.56. The third kappa shape index (κ3) is 8.11. The average molecular weight is 358 g/mol. The number of carbonyl (C=O) groups is 2. The molecule has 1 rings (SSSR count). The Labute approximate surface area is 140 Å². The van der Waals surface area contributed by atoms with Crippen molar-refractivity contribution in [2.45, 2.75) is 26.1 Å². The molecule has 1 aromatic rings. The molecule has 136 valence electrons. The first-order valence-electron chi connectivity index (χ1n) is 6.87. The van der Waals surface area contributed by atoms with E-state index in [0.29, 0.717) is 0 Å². The second kappa shape index (κ2) is 9.64. The lowest BCUT2D eigenvalue weighted by Crippen LogP contribution is -2.23. The summed E-state index contributed by atoms with van der Waals surface area (Å²) < 4.78 is 14.2. The number of rotatable bonds is 9. The lowest BCUT2D eigenvalue weighted by molar-refractivity contribution is -0.757. The van der Waals surface area contributed by atoms with E-state index in [-0.39, 0.29) is 30.9 Å². The number of carbonyl (C=O) groups excluding carboxylic acids is 2. The van der Waals surface area contributed by atoms with Gasteiger partial charge in [0.15, 0.2) is 0 Å². The van der Waals surface area contributed by atoms with Crippen LogP contribution < -0.4 is 4.74 Å². The molecule has 0 aliphatic carbocycles. The molecule has 0 N–H and O–H groups in total. The van der Waals surface area contributed by atoms with E-state index in [1.807, 2.05) is 0 Å². The number of esters is 1. The van der Waals surface area contributed by atoms with Gasteiger partial charge in [-0.15, -0.1) is 10.1 Å². The number of non-ortho nitro benzene ring substituents is 1. The maximum Gasteiger partial charge on any atom is 0.516 e. The van der Waals surface area contributed by atoms with Crippen LogP contribution in [-0.2, 0) is 19.1 Å². The van der Waals surface area contributed by atoms with Gasteiger partial charge in [0.1, 0.15) is 5.75 Å². The Morgan fingerprint density at radius 2 is 1.76 bits per heavy atom. The summed E-state index contributed by atoms with van der Waals surface area (Å²) in [6.45, 7) is 1.00. The fourth-order valence-electron chi connectivity index (χ4n) is 1.52. The van der Waals surface area contributed by atoms with Crippen LogP contribution in [-0.4, -0.2) is 35.0 Å². The van der Waals surface area contributed by atoms with Crippen molar-refractivity contribution in [1.29, 1.82) is 0 Å².